The summed E-state index contributed by atoms with van der Waals surface area (Å²) in [6.45, 7) is 1.97. The van der Waals surface area contributed by atoms with Crippen molar-refractivity contribution < 1.29 is 22.8 Å². The van der Waals surface area contributed by atoms with E-state index >= 15 is 0 Å². The van der Waals surface area contributed by atoms with Gasteiger partial charge in [-0.1, -0.05) is 19.1 Å². The Kier molecular flexibility index (Phi) is 5.69. The highest BCUT2D eigenvalue weighted by atomic mass is 19.3. The smallest absolute Gasteiger partial charge is 0.315 e. The average molecular weight is 343 g/mol. The van der Waals surface area contributed by atoms with E-state index in [1.54, 1.807) is 4.90 Å². The highest BCUT2D eigenvalue weighted by Gasteiger charge is 2.34. The van der Waals surface area contributed by atoms with E-state index in [-0.39, 0.29) is 12.3 Å². The summed E-state index contributed by atoms with van der Waals surface area (Å²) in [5.41, 5.74) is -0.507. The van der Waals surface area contributed by atoms with Gasteiger partial charge in [0.15, 0.2) is 0 Å². The fourth-order valence-electron chi connectivity index (χ4n) is 2.60. The van der Waals surface area contributed by atoms with E-state index < -0.39 is 35.9 Å². The van der Waals surface area contributed by atoms with Crippen LogP contribution in [0, 0.1) is 5.82 Å². The number of amides is 3. The number of halogens is 3. The zero-order chi connectivity index (χ0) is 17.7. The number of likely N-dealkylation sites (tertiary alicyclic amines) is 1. The van der Waals surface area contributed by atoms with Crippen LogP contribution >= 0.6 is 0 Å². The maximum Gasteiger partial charge on any atom is 0.315 e. The third kappa shape index (κ3) is 4.62. The quantitative estimate of drug-likeness (QED) is 0.832. The molecule has 1 aromatic carbocycles. The lowest BCUT2D eigenvalue weighted by atomic mass is 10.1. The molecule has 5 nitrogen and oxygen atoms in total. The molecule has 0 saturated carbocycles. The van der Waals surface area contributed by atoms with E-state index in [0.29, 0.717) is 13.1 Å². The fraction of sp³-hybridized carbons (Fsp3) is 0.500. The number of hydrogen-bond donors (Lipinski definition) is 2. The second-order valence-corrected chi connectivity index (χ2v) is 5.78. The van der Waals surface area contributed by atoms with Crippen molar-refractivity contribution in [2.24, 2.45) is 0 Å². The summed E-state index contributed by atoms with van der Waals surface area (Å²) < 4.78 is 41.0. The van der Waals surface area contributed by atoms with Crippen LogP contribution < -0.4 is 10.6 Å². The normalized spacial score (nSPS) is 17.9. The largest absolute Gasteiger partial charge is 0.341 e. The summed E-state index contributed by atoms with van der Waals surface area (Å²) in [7, 11) is 0. The van der Waals surface area contributed by atoms with Gasteiger partial charge in [-0.05, 0) is 18.6 Å². The van der Waals surface area contributed by atoms with E-state index in [4.69, 9.17) is 0 Å². The molecule has 1 aromatic rings. The predicted molar refractivity (Wildman–Crippen MR) is 82.1 cm³/mol. The van der Waals surface area contributed by atoms with Crippen LogP contribution in [0.25, 0.3) is 0 Å². The molecule has 1 aliphatic rings. The van der Waals surface area contributed by atoms with Gasteiger partial charge in [-0.25, -0.2) is 9.18 Å². The molecule has 2 N–H and O–H groups in total. The molecule has 3 amide bonds. The highest BCUT2D eigenvalue weighted by molar-refractivity contribution is 5.81. The van der Waals surface area contributed by atoms with Crippen molar-refractivity contribution in [3.63, 3.8) is 0 Å². The lowest BCUT2D eigenvalue weighted by Gasteiger charge is -2.19. The van der Waals surface area contributed by atoms with Gasteiger partial charge < -0.3 is 15.5 Å². The molecule has 0 radical (unpaired) electrons. The van der Waals surface area contributed by atoms with Crippen molar-refractivity contribution in [1.29, 1.82) is 0 Å². The van der Waals surface area contributed by atoms with Crippen LogP contribution in [0.1, 0.15) is 25.3 Å². The van der Waals surface area contributed by atoms with E-state index in [1.165, 1.54) is 6.07 Å². The van der Waals surface area contributed by atoms with Gasteiger partial charge in [0.2, 0.25) is 5.91 Å². The van der Waals surface area contributed by atoms with Gasteiger partial charge in [0.1, 0.15) is 5.82 Å². The number of benzene rings is 1. The highest BCUT2D eigenvalue weighted by Crippen LogP contribution is 2.27. The Balaban J connectivity index is 1.84. The average Bonchev–Trinajstić information content (AvgIpc) is 2.85. The summed E-state index contributed by atoms with van der Waals surface area (Å²) >= 11 is 0. The standard InChI is InChI=1S/C16H20F3N3O2/c1-2-6-22-9-13(8-14(22)23)21-15(24)20-10-16(18,19)11-4-3-5-12(17)7-11/h3-5,7,13H,2,6,8-10H2,1H3,(H2,20,21,24). The molecule has 24 heavy (non-hydrogen) atoms. The third-order valence-electron chi connectivity index (χ3n) is 3.76. The first-order valence-electron chi connectivity index (χ1n) is 7.78. The predicted octanol–water partition coefficient (Wildman–Crippen LogP) is 2.23. The van der Waals surface area contributed by atoms with Gasteiger partial charge in [0.05, 0.1) is 12.6 Å². The van der Waals surface area contributed by atoms with Crippen molar-refractivity contribution in [3.05, 3.63) is 35.6 Å². The van der Waals surface area contributed by atoms with Gasteiger partial charge in [-0.15, -0.1) is 0 Å². The van der Waals surface area contributed by atoms with Crippen molar-refractivity contribution in [2.75, 3.05) is 19.6 Å². The van der Waals surface area contributed by atoms with Crippen molar-refractivity contribution in [3.8, 4) is 0 Å². The van der Waals surface area contributed by atoms with Crippen LogP contribution in [0.4, 0.5) is 18.0 Å². The number of nitrogens with zero attached hydrogens (tertiary/aromatic N) is 1. The molecule has 0 aliphatic carbocycles. The third-order valence-corrected chi connectivity index (χ3v) is 3.76. The lowest BCUT2D eigenvalue weighted by molar-refractivity contribution is -0.127. The Morgan fingerprint density at radius 1 is 1.42 bits per heavy atom. The van der Waals surface area contributed by atoms with Crippen molar-refractivity contribution in [2.45, 2.75) is 31.7 Å². The molecule has 0 spiro atoms. The van der Waals surface area contributed by atoms with Gasteiger partial charge in [-0.2, -0.15) is 8.78 Å². The monoisotopic (exact) mass is 343 g/mol. The van der Waals surface area contributed by atoms with Crippen LogP contribution in [-0.2, 0) is 10.7 Å². The van der Waals surface area contributed by atoms with Crippen LogP contribution in [0.5, 0.6) is 0 Å². The lowest BCUT2D eigenvalue weighted by Crippen LogP contribution is -2.46. The molecule has 2 rings (SSSR count). The number of rotatable bonds is 6. The summed E-state index contributed by atoms with van der Waals surface area (Å²) in [6.07, 6.45) is 0.970. The summed E-state index contributed by atoms with van der Waals surface area (Å²) in [5.74, 6) is -4.22. The molecule has 1 aliphatic heterocycles. The first-order valence-corrected chi connectivity index (χ1v) is 7.78. The number of alkyl halides is 2. The maximum atomic E-state index is 14.0. The molecular formula is C16H20F3N3O2. The number of urea groups is 1. The first-order chi connectivity index (χ1) is 11.3. The molecule has 1 saturated heterocycles. The summed E-state index contributed by atoms with van der Waals surface area (Å²) in [6, 6.07) is 2.91. The van der Waals surface area contributed by atoms with Crippen LogP contribution in [0.2, 0.25) is 0 Å². The molecule has 1 heterocycles. The molecule has 0 bridgehead atoms. The molecular weight excluding hydrogens is 323 g/mol. The SMILES string of the molecule is CCCN1CC(NC(=O)NCC(F)(F)c2cccc(F)c2)CC1=O. The number of hydrogen-bond acceptors (Lipinski definition) is 2. The van der Waals surface area contributed by atoms with Crippen LogP contribution in [0.15, 0.2) is 24.3 Å². The zero-order valence-electron chi connectivity index (χ0n) is 13.3. The molecule has 1 atom stereocenters. The Bertz CT molecular complexity index is 610. The zero-order valence-corrected chi connectivity index (χ0v) is 13.3. The molecule has 8 heteroatoms. The Morgan fingerprint density at radius 3 is 2.83 bits per heavy atom. The number of carbonyl (C=O) groups is 2. The minimum atomic E-state index is -3.39. The van der Waals surface area contributed by atoms with Gasteiger partial charge >= 0.3 is 6.03 Å². The second-order valence-electron chi connectivity index (χ2n) is 5.78. The Labute approximate surface area is 138 Å². The van der Waals surface area contributed by atoms with Crippen molar-refractivity contribution >= 4 is 11.9 Å². The van der Waals surface area contributed by atoms with E-state index in [0.717, 1.165) is 24.6 Å². The Hall–Kier alpha value is -2.25. The van der Waals surface area contributed by atoms with Crippen LogP contribution in [-0.4, -0.2) is 42.5 Å². The second kappa shape index (κ2) is 7.55. The molecule has 132 valence electrons. The van der Waals surface area contributed by atoms with Gasteiger partial charge in [0.25, 0.3) is 5.92 Å². The first kappa shape index (κ1) is 18.1. The summed E-state index contributed by atoms with van der Waals surface area (Å²) in [4.78, 5) is 25.1. The van der Waals surface area contributed by atoms with Crippen molar-refractivity contribution in [1.82, 2.24) is 15.5 Å². The minimum absolute atomic E-state index is 0.0627. The topological polar surface area (TPSA) is 61.4 Å². The summed E-state index contributed by atoms with van der Waals surface area (Å²) in [5, 5.41) is 4.59. The van der Waals surface area contributed by atoms with E-state index in [1.807, 2.05) is 6.92 Å². The molecule has 1 unspecified atom stereocenters. The molecule has 1 fully saturated rings. The Morgan fingerprint density at radius 2 is 2.17 bits per heavy atom. The maximum absolute atomic E-state index is 14.0. The fourth-order valence-corrected chi connectivity index (χ4v) is 2.60. The van der Waals surface area contributed by atoms with E-state index in [2.05, 4.69) is 10.6 Å². The number of carbonyl (C=O) groups excluding carboxylic acids is 2. The van der Waals surface area contributed by atoms with Gasteiger partial charge in [-0.3, -0.25) is 4.79 Å². The number of nitrogens with one attached hydrogen (secondary N) is 2. The minimum Gasteiger partial charge on any atom is -0.341 e. The molecule has 0 aromatic heterocycles. The van der Waals surface area contributed by atoms with E-state index in [9.17, 15) is 22.8 Å². The van der Waals surface area contributed by atoms with Crippen LogP contribution in [0.3, 0.4) is 0 Å². The van der Waals surface area contributed by atoms with Gasteiger partial charge in [0, 0.05) is 25.1 Å².